The van der Waals surface area contributed by atoms with Crippen LogP contribution < -0.4 is 10.1 Å². The predicted molar refractivity (Wildman–Crippen MR) is 119 cm³/mol. The van der Waals surface area contributed by atoms with Crippen LogP contribution in [0.15, 0.2) is 83.8 Å². The van der Waals surface area contributed by atoms with Gasteiger partial charge in [0.25, 0.3) is 5.91 Å². The van der Waals surface area contributed by atoms with Crippen molar-refractivity contribution >= 4 is 29.3 Å². The predicted octanol–water partition coefficient (Wildman–Crippen LogP) is 5.02. The summed E-state index contributed by atoms with van der Waals surface area (Å²) in [6.07, 6.45) is -1.07. The minimum atomic E-state index is -1.07. The zero-order valence-corrected chi connectivity index (χ0v) is 17.6. The molecule has 0 aromatic heterocycles. The number of nitrogens with one attached hydrogen (secondary N) is 1. The van der Waals surface area contributed by atoms with Crippen molar-refractivity contribution in [2.24, 2.45) is 0 Å². The van der Waals surface area contributed by atoms with Crippen LogP contribution in [0.25, 0.3) is 0 Å². The zero-order valence-electron chi connectivity index (χ0n) is 16.8. The Morgan fingerprint density at radius 2 is 1.63 bits per heavy atom. The number of anilines is 1. The first kappa shape index (κ1) is 21.5. The van der Waals surface area contributed by atoms with E-state index in [4.69, 9.17) is 9.47 Å². The second-order valence-electron chi connectivity index (χ2n) is 6.58. The van der Waals surface area contributed by atoms with Crippen LogP contribution in [0, 0.1) is 6.92 Å². The van der Waals surface area contributed by atoms with Gasteiger partial charge in [0.05, 0.1) is 18.6 Å². The quantitative estimate of drug-likeness (QED) is 0.409. The van der Waals surface area contributed by atoms with E-state index in [-0.39, 0.29) is 5.75 Å². The standard InChI is InChI=1S/C24H23NO4S/c1-17-13-14-21(28-2)20(15-17)25-24(27)23(18-9-5-3-6-10-18)29-22(26)16-30-19-11-7-4-8-12-19/h3-15,23H,16H2,1-2H3,(H,25,27)/t23-/m1/s1. The molecular formula is C24H23NO4S. The lowest BCUT2D eigenvalue weighted by Gasteiger charge is -2.19. The van der Waals surface area contributed by atoms with Crippen LogP contribution in [0.1, 0.15) is 17.2 Å². The third kappa shape index (κ3) is 5.87. The maximum Gasteiger partial charge on any atom is 0.317 e. The molecule has 0 aliphatic heterocycles. The van der Waals surface area contributed by atoms with Gasteiger partial charge in [-0.2, -0.15) is 0 Å². The Bertz CT molecular complexity index is 993. The summed E-state index contributed by atoms with van der Waals surface area (Å²) in [5, 5.41) is 2.83. The fourth-order valence-corrected chi connectivity index (χ4v) is 3.55. The Labute approximate surface area is 180 Å². The molecule has 0 aliphatic rings. The molecule has 0 aliphatic carbocycles. The van der Waals surface area contributed by atoms with Gasteiger partial charge in [0.15, 0.2) is 0 Å². The fourth-order valence-electron chi connectivity index (χ4n) is 2.84. The minimum absolute atomic E-state index is 0.106. The van der Waals surface area contributed by atoms with Gasteiger partial charge in [-0.3, -0.25) is 9.59 Å². The molecule has 0 unspecified atom stereocenters. The third-order valence-electron chi connectivity index (χ3n) is 4.30. The number of methoxy groups -OCH3 is 1. The molecule has 0 saturated carbocycles. The first-order valence-corrected chi connectivity index (χ1v) is 10.4. The molecule has 3 aromatic carbocycles. The van der Waals surface area contributed by atoms with Crippen LogP contribution in [0.5, 0.6) is 5.75 Å². The summed E-state index contributed by atoms with van der Waals surface area (Å²) in [6.45, 7) is 1.92. The minimum Gasteiger partial charge on any atom is -0.495 e. The average Bonchev–Trinajstić information content (AvgIpc) is 2.77. The first-order chi connectivity index (χ1) is 14.6. The molecule has 3 aromatic rings. The number of rotatable bonds is 8. The molecule has 0 fully saturated rings. The van der Waals surface area contributed by atoms with E-state index in [0.717, 1.165) is 10.5 Å². The third-order valence-corrected chi connectivity index (χ3v) is 5.29. The molecule has 6 heteroatoms. The lowest BCUT2D eigenvalue weighted by atomic mass is 10.1. The van der Waals surface area contributed by atoms with E-state index >= 15 is 0 Å². The van der Waals surface area contributed by atoms with Gasteiger partial charge in [-0.1, -0.05) is 54.6 Å². The number of amides is 1. The van der Waals surface area contributed by atoms with Gasteiger partial charge in [-0.15, -0.1) is 11.8 Å². The van der Waals surface area contributed by atoms with Crippen LogP contribution in [0.4, 0.5) is 5.69 Å². The molecule has 0 bridgehead atoms. The maximum absolute atomic E-state index is 13.1. The Kier molecular flexibility index (Phi) is 7.51. The highest BCUT2D eigenvalue weighted by Crippen LogP contribution is 2.28. The molecule has 1 amide bonds. The van der Waals surface area contributed by atoms with E-state index in [9.17, 15) is 9.59 Å². The van der Waals surface area contributed by atoms with Crippen molar-refractivity contribution < 1.29 is 19.1 Å². The highest BCUT2D eigenvalue weighted by atomic mass is 32.2. The molecule has 0 saturated heterocycles. The fraction of sp³-hybridized carbons (Fsp3) is 0.167. The molecule has 3 rings (SSSR count). The van der Waals surface area contributed by atoms with E-state index < -0.39 is 18.0 Å². The summed E-state index contributed by atoms with van der Waals surface area (Å²) in [6, 6.07) is 24.0. The summed E-state index contributed by atoms with van der Waals surface area (Å²) in [4.78, 5) is 26.5. The summed E-state index contributed by atoms with van der Waals surface area (Å²) >= 11 is 1.36. The number of hydrogen-bond donors (Lipinski definition) is 1. The first-order valence-electron chi connectivity index (χ1n) is 9.44. The SMILES string of the molecule is COc1ccc(C)cc1NC(=O)[C@H](OC(=O)CSc1ccccc1)c1ccccc1. The van der Waals surface area contributed by atoms with Crippen LogP contribution in [-0.2, 0) is 14.3 Å². The second kappa shape index (κ2) is 10.5. The van der Waals surface area contributed by atoms with Crippen LogP contribution in [0.3, 0.4) is 0 Å². The smallest absolute Gasteiger partial charge is 0.317 e. The van der Waals surface area contributed by atoms with Crippen molar-refractivity contribution in [2.75, 3.05) is 18.2 Å². The highest BCUT2D eigenvalue weighted by molar-refractivity contribution is 8.00. The Balaban J connectivity index is 1.75. The molecule has 1 N–H and O–H groups in total. The molecule has 154 valence electrons. The molecule has 0 radical (unpaired) electrons. The number of aryl methyl sites for hydroxylation is 1. The molecular weight excluding hydrogens is 398 g/mol. The second-order valence-corrected chi connectivity index (χ2v) is 7.62. The van der Waals surface area contributed by atoms with Crippen LogP contribution in [-0.4, -0.2) is 24.7 Å². The zero-order chi connectivity index (χ0) is 21.3. The van der Waals surface area contributed by atoms with Crippen molar-refractivity contribution in [3.8, 4) is 5.75 Å². The van der Waals surface area contributed by atoms with Crippen LogP contribution in [0.2, 0.25) is 0 Å². The van der Waals surface area contributed by atoms with Gasteiger partial charge in [-0.25, -0.2) is 0 Å². The Hall–Kier alpha value is -3.25. The van der Waals surface area contributed by atoms with Gasteiger partial charge in [0, 0.05) is 10.5 Å². The number of hydrogen-bond acceptors (Lipinski definition) is 5. The Morgan fingerprint density at radius 1 is 0.967 bits per heavy atom. The van der Waals surface area contributed by atoms with Crippen molar-refractivity contribution in [2.45, 2.75) is 17.9 Å². The monoisotopic (exact) mass is 421 g/mol. The number of carbonyl (C=O) groups is 2. The number of carbonyl (C=O) groups excluding carboxylic acids is 2. The van der Waals surface area contributed by atoms with Gasteiger partial charge < -0.3 is 14.8 Å². The summed E-state index contributed by atoms with van der Waals surface area (Å²) in [7, 11) is 1.54. The average molecular weight is 422 g/mol. The van der Waals surface area contributed by atoms with E-state index in [1.54, 1.807) is 30.3 Å². The Morgan fingerprint density at radius 3 is 2.30 bits per heavy atom. The summed E-state index contributed by atoms with van der Waals surface area (Å²) in [5.74, 6) is -0.270. The van der Waals surface area contributed by atoms with E-state index in [1.807, 2.05) is 55.5 Å². The van der Waals surface area contributed by atoms with E-state index in [0.29, 0.717) is 17.0 Å². The van der Waals surface area contributed by atoms with E-state index in [2.05, 4.69) is 5.32 Å². The molecule has 1 atom stereocenters. The van der Waals surface area contributed by atoms with Crippen LogP contribution >= 0.6 is 11.8 Å². The lowest BCUT2D eigenvalue weighted by molar-refractivity contribution is -0.152. The molecule has 5 nitrogen and oxygen atoms in total. The summed E-state index contributed by atoms with van der Waals surface area (Å²) in [5.41, 5.74) is 2.09. The number of esters is 1. The number of ether oxygens (including phenoxy) is 2. The molecule has 0 heterocycles. The van der Waals surface area contributed by atoms with Gasteiger partial charge in [-0.05, 0) is 36.8 Å². The highest BCUT2D eigenvalue weighted by Gasteiger charge is 2.26. The molecule has 0 spiro atoms. The largest absolute Gasteiger partial charge is 0.495 e. The van der Waals surface area contributed by atoms with Crippen molar-refractivity contribution in [3.63, 3.8) is 0 Å². The van der Waals surface area contributed by atoms with Gasteiger partial charge in [0.2, 0.25) is 6.10 Å². The van der Waals surface area contributed by atoms with Crippen molar-refractivity contribution in [3.05, 3.63) is 90.0 Å². The van der Waals surface area contributed by atoms with Crippen molar-refractivity contribution in [1.82, 2.24) is 0 Å². The van der Waals surface area contributed by atoms with Gasteiger partial charge in [0.1, 0.15) is 5.75 Å². The number of thioether (sulfide) groups is 1. The van der Waals surface area contributed by atoms with E-state index in [1.165, 1.54) is 18.9 Å². The normalized spacial score (nSPS) is 11.4. The topological polar surface area (TPSA) is 64.6 Å². The number of benzene rings is 3. The van der Waals surface area contributed by atoms with Crippen molar-refractivity contribution in [1.29, 1.82) is 0 Å². The van der Waals surface area contributed by atoms with Gasteiger partial charge >= 0.3 is 5.97 Å². The molecule has 30 heavy (non-hydrogen) atoms. The lowest BCUT2D eigenvalue weighted by Crippen LogP contribution is -2.26. The maximum atomic E-state index is 13.1. The summed E-state index contributed by atoms with van der Waals surface area (Å²) < 4.78 is 10.9.